The molecule has 0 unspecified atom stereocenters. The van der Waals surface area contributed by atoms with Crippen LogP contribution in [0.2, 0.25) is 0 Å². The van der Waals surface area contributed by atoms with Gasteiger partial charge in [0.05, 0.1) is 0 Å². The van der Waals surface area contributed by atoms with Crippen LogP contribution in [0.25, 0.3) is 11.1 Å². The smallest absolute Gasteiger partial charge is 0.321 e. The van der Waals surface area contributed by atoms with Gasteiger partial charge in [-0.25, -0.2) is 9.97 Å². The molecule has 1 aromatic heterocycles. The van der Waals surface area contributed by atoms with E-state index in [0.717, 1.165) is 27.8 Å². The first-order chi connectivity index (χ1) is 10.4. The first kappa shape index (κ1) is 13.8. The van der Waals surface area contributed by atoms with Gasteiger partial charge in [0.25, 0.3) is 0 Å². The molecule has 3 rings (SSSR count). The molecule has 3 aromatic rings. The van der Waals surface area contributed by atoms with Gasteiger partial charge in [-0.2, -0.15) is 0 Å². The average Bonchev–Trinajstić information content (AvgIpc) is 2.57. The van der Waals surface area contributed by atoms with Crippen molar-refractivity contribution in [3.63, 3.8) is 0 Å². The summed E-state index contributed by atoms with van der Waals surface area (Å²) >= 11 is 3.37. The lowest BCUT2D eigenvalue weighted by atomic mass is 10.1. The molecule has 1 heterocycles. The quantitative estimate of drug-likeness (QED) is 0.638. The summed E-state index contributed by atoms with van der Waals surface area (Å²) in [5, 5.41) is 0.730. The lowest BCUT2D eigenvalue weighted by Crippen LogP contribution is -1.94. The number of para-hydroxylation sites is 1. The van der Waals surface area contributed by atoms with Gasteiger partial charge in [-0.3, -0.25) is 0 Å². The number of rotatable bonds is 4. The predicted octanol–water partition coefficient (Wildman–Crippen LogP) is 4.83. The molecule has 0 aliphatic heterocycles. The molecule has 0 aliphatic carbocycles. The van der Waals surface area contributed by atoms with Gasteiger partial charge in [-0.1, -0.05) is 64.5 Å². The number of hydrogen-bond donors (Lipinski definition) is 0. The zero-order chi connectivity index (χ0) is 14.5. The van der Waals surface area contributed by atoms with Crippen molar-refractivity contribution in [2.75, 3.05) is 0 Å². The van der Waals surface area contributed by atoms with Gasteiger partial charge in [-0.05, 0) is 17.2 Å². The fourth-order valence-corrected chi connectivity index (χ4v) is 2.26. The third kappa shape index (κ3) is 3.28. The van der Waals surface area contributed by atoms with Crippen LogP contribution in [0.5, 0.6) is 11.8 Å². The molecular weight excluding hydrogens is 328 g/mol. The van der Waals surface area contributed by atoms with Gasteiger partial charge in [0.1, 0.15) is 5.75 Å². The molecule has 0 spiro atoms. The molecule has 2 aromatic carbocycles. The van der Waals surface area contributed by atoms with E-state index >= 15 is 0 Å². The molecule has 104 valence electrons. The maximum Gasteiger partial charge on any atom is 0.321 e. The second kappa shape index (κ2) is 6.50. The minimum atomic E-state index is 0.350. The summed E-state index contributed by atoms with van der Waals surface area (Å²) in [4.78, 5) is 8.43. The fourth-order valence-electron chi connectivity index (χ4n) is 1.97. The minimum Gasteiger partial charge on any atom is -0.424 e. The van der Waals surface area contributed by atoms with Crippen LogP contribution in [0.1, 0.15) is 5.56 Å². The van der Waals surface area contributed by atoms with E-state index < -0.39 is 0 Å². The van der Waals surface area contributed by atoms with Crippen molar-refractivity contribution in [1.29, 1.82) is 0 Å². The van der Waals surface area contributed by atoms with Crippen LogP contribution in [0.4, 0.5) is 0 Å². The van der Waals surface area contributed by atoms with Gasteiger partial charge >= 0.3 is 6.01 Å². The van der Waals surface area contributed by atoms with E-state index in [1.807, 2.05) is 42.5 Å². The summed E-state index contributed by atoms with van der Waals surface area (Å²) in [6.07, 6.45) is 3.50. The Kier molecular flexibility index (Phi) is 4.26. The van der Waals surface area contributed by atoms with Crippen LogP contribution in [-0.4, -0.2) is 9.97 Å². The van der Waals surface area contributed by atoms with E-state index in [1.165, 1.54) is 0 Å². The average molecular weight is 341 g/mol. The van der Waals surface area contributed by atoms with E-state index in [9.17, 15) is 0 Å². The summed E-state index contributed by atoms with van der Waals surface area (Å²) in [6, 6.07) is 18.3. The van der Waals surface area contributed by atoms with E-state index in [2.05, 4.69) is 38.0 Å². The second-order valence-electron chi connectivity index (χ2n) is 4.47. The van der Waals surface area contributed by atoms with Crippen molar-refractivity contribution >= 4 is 15.9 Å². The SMILES string of the molecule is BrCc1cnc(Oc2ccccc2-c2ccccc2)nc1. The highest BCUT2D eigenvalue weighted by atomic mass is 79.9. The Balaban J connectivity index is 1.92. The summed E-state index contributed by atoms with van der Waals surface area (Å²) in [7, 11) is 0. The highest BCUT2D eigenvalue weighted by Gasteiger charge is 2.07. The van der Waals surface area contributed by atoms with Crippen LogP contribution in [0, 0.1) is 0 Å². The molecule has 0 fully saturated rings. The standard InChI is InChI=1S/C17H13BrN2O/c18-10-13-11-19-17(20-12-13)21-16-9-5-4-8-15(16)14-6-2-1-3-7-14/h1-9,11-12H,10H2. The normalized spacial score (nSPS) is 10.3. The number of ether oxygens (including phenoxy) is 1. The van der Waals surface area contributed by atoms with Crippen LogP contribution >= 0.6 is 15.9 Å². The lowest BCUT2D eigenvalue weighted by molar-refractivity contribution is 0.443. The van der Waals surface area contributed by atoms with Crippen LogP contribution in [0.15, 0.2) is 67.0 Å². The highest BCUT2D eigenvalue weighted by Crippen LogP contribution is 2.31. The summed E-state index contributed by atoms with van der Waals surface area (Å²) in [5.41, 5.74) is 3.13. The third-order valence-electron chi connectivity index (χ3n) is 3.01. The topological polar surface area (TPSA) is 35.0 Å². The second-order valence-corrected chi connectivity index (χ2v) is 5.03. The monoisotopic (exact) mass is 340 g/mol. The van der Waals surface area contributed by atoms with Gasteiger partial charge in [0.2, 0.25) is 0 Å². The number of hydrogen-bond acceptors (Lipinski definition) is 3. The minimum absolute atomic E-state index is 0.350. The number of nitrogens with zero attached hydrogens (tertiary/aromatic N) is 2. The molecule has 0 N–H and O–H groups in total. The van der Waals surface area contributed by atoms with E-state index in [1.54, 1.807) is 12.4 Å². The van der Waals surface area contributed by atoms with Crippen molar-refractivity contribution < 1.29 is 4.74 Å². The van der Waals surface area contributed by atoms with E-state index in [0.29, 0.717) is 6.01 Å². The molecule has 4 heteroatoms. The summed E-state index contributed by atoms with van der Waals surface area (Å²) in [6.45, 7) is 0. The van der Waals surface area contributed by atoms with Gasteiger partial charge in [0, 0.05) is 23.3 Å². The first-order valence-electron chi connectivity index (χ1n) is 6.56. The predicted molar refractivity (Wildman–Crippen MR) is 86.6 cm³/mol. The van der Waals surface area contributed by atoms with Gasteiger partial charge < -0.3 is 4.74 Å². The third-order valence-corrected chi connectivity index (χ3v) is 3.66. The number of benzene rings is 2. The van der Waals surface area contributed by atoms with Crippen LogP contribution in [0.3, 0.4) is 0 Å². The largest absolute Gasteiger partial charge is 0.424 e. The van der Waals surface area contributed by atoms with Gasteiger partial charge in [-0.15, -0.1) is 0 Å². The van der Waals surface area contributed by atoms with Crippen molar-refractivity contribution in [3.05, 3.63) is 72.6 Å². The Morgan fingerprint density at radius 1 is 0.857 bits per heavy atom. The molecule has 0 radical (unpaired) electrons. The highest BCUT2D eigenvalue weighted by molar-refractivity contribution is 9.08. The lowest BCUT2D eigenvalue weighted by Gasteiger charge is -2.10. The Hall–Kier alpha value is -2.20. The van der Waals surface area contributed by atoms with Crippen LogP contribution < -0.4 is 4.74 Å². The number of halogens is 1. The van der Waals surface area contributed by atoms with Crippen LogP contribution in [-0.2, 0) is 5.33 Å². The maximum absolute atomic E-state index is 5.83. The number of alkyl halides is 1. The molecule has 0 atom stereocenters. The molecule has 0 saturated heterocycles. The summed E-state index contributed by atoms with van der Waals surface area (Å²) < 4.78 is 5.83. The Bertz CT molecular complexity index is 714. The van der Waals surface area contributed by atoms with Crippen molar-refractivity contribution in [2.45, 2.75) is 5.33 Å². The molecule has 0 bridgehead atoms. The molecule has 0 aliphatic rings. The molecule has 3 nitrogen and oxygen atoms in total. The maximum atomic E-state index is 5.83. The molecular formula is C17H13BrN2O. The van der Waals surface area contributed by atoms with Crippen molar-refractivity contribution in [1.82, 2.24) is 9.97 Å². The Morgan fingerprint density at radius 2 is 1.52 bits per heavy atom. The molecule has 21 heavy (non-hydrogen) atoms. The van der Waals surface area contributed by atoms with Crippen molar-refractivity contribution in [3.8, 4) is 22.9 Å². The number of aromatic nitrogens is 2. The summed E-state index contributed by atoms with van der Waals surface area (Å²) in [5.74, 6) is 0.746. The zero-order valence-electron chi connectivity index (χ0n) is 11.2. The fraction of sp³-hybridized carbons (Fsp3) is 0.0588. The van der Waals surface area contributed by atoms with E-state index in [-0.39, 0.29) is 0 Å². The zero-order valence-corrected chi connectivity index (χ0v) is 12.8. The molecule has 0 saturated carbocycles. The Labute approximate surface area is 131 Å². The van der Waals surface area contributed by atoms with Gasteiger partial charge in [0.15, 0.2) is 0 Å². The van der Waals surface area contributed by atoms with E-state index in [4.69, 9.17) is 4.74 Å². The Morgan fingerprint density at radius 3 is 2.24 bits per heavy atom. The molecule has 0 amide bonds. The van der Waals surface area contributed by atoms with Crippen molar-refractivity contribution in [2.24, 2.45) is 0 Å². The first-order valence-corrected chi connectivity index (χ1v) is 7.68.